The average Bonchev–Trinajstić information content (AvgIpc) is 2.57. The number of nitrogens with zero attached hydrogens (tertiary/aromatic N) is 2. The van der Waals surface area contributed by atoms with Crippen LogP contribution in [0.2, 0.25) is 0 Å². The summed E-state index contributed by atoms with van der Waals surface area (Å²) in [6, 6.07) is 10.2. The van der Waals surface area contributed by atoms with Crippen molar-refractivity contribution in [2.45, 2.75) is 20.3 Å². The summed E-state index contributed by atoms with van der Waals surface area (Å²) in [6.07, 6.45) is 0.774. The number of hydrogen-bond acceptors (Lipinski definition) is 2. The minimum atomic E-state index is -0.0766. The van der Waals surface area contributed by atoms with E-state index in [0.717, 1.165) is 23.5 Å². The molecule has 1 amide bonds. The number of nitrogens with one attached hydrogen (secondary N) is 1. The molecule has 0 unspecified atom stereocenters. The highest BCUT2D eigenvalue weighted by atomic mass is 16.1. The molecule has 18 heavy (non-hydrogen) atoms. The van der Waals surface area contributed by atoms with Crippen LogP contribution in [-0.2, 0) is 18.3 Å². The van der Waals surface area contributed by atoms with E-state index in [9.17, 15) is 4.79 Å². The van der Waals surface area contributed by atoms with E-state index in [1.54, 1.807) is 4.68 Å². The number of aromatic nitrogens is 2. The van der Waals surface area contributed by atoms with Crippen molar-refractivity contribution in [3.8, 4) is 0 Å². The molecule has 4 heteroatoms. The normalized spacial score (nSPS) is 10.4. The van der Waals surface area contributed by atoms with Crippen molar-refractivity contribution in [2.24, 2.45) is 7.05 Å². The molecule has 1 heterocycles. The van der Waals surface area contributed by atoms with Crippen LogP contribution in [-0.4, -0.2) is 15.7 Å². The van der Waals surface area contributed by atoms with E-state index < -0.39 is 0 Å². The molecular formula is C14H17N3O. The molecule has 0 aliphatic heterocycles. The summed E-state index contributed by atoms with van der Waals surface area (Å²) in [4.78, 5) is 11.2. The van der Waals surface area contributed by atoms with E-state index in [1.807, 2.05) is 32.2 Å². The molecule has 1 N–H and O–H groups in total. The minimum absolute atomic E-state index is 0.0766. The number of amides is 1. The lowest BCUT2D eigenvalue weighted by Crippen LogP contribution is -2.11. The van der Waals surface area contributed by atoms with Crippen LogP contribution in [0.15, 0.2) is 30.3 Å². The summed E-state index contributed by atoms with van der Waals surface area (Å²) in [5.41, 5.74) is 3.23. The Morgan fingerprint density at radius 1 is 1.33 bits per heavy atom. The van der Waals surface area contributed by atoms with Crippen molar-refractivity contribution in [2.75, 3.05) is 5.32 Å². The van der Waals surface area contributed by atoms with Crippen LogP contribution >= 0.6 is 0 Å². The molecule has 0 aliphatic rings. The van der Waals surface area contributed by atoms with Crippen molar-refractivity contribution in [1.29, 1.82) is 0 Å². The molecule has 94 valence electrons. The average molecular weight is 243 g/mol. The Hall–Kier alpha value is -2.10. The largest absolute Gasteiger partial charge is 0.311 e. The van der Waals surface area contributed by atoms with E-state index in [1.165, 1.54) is 12.5 Å². The molecule has 1 aromatic heterocycles. The van der Waals surface area contributed by atoms with Crippen LogP contribution in [0.3, 0.4) is 0 Å². The third-order valence-corrected chi connectivity index (χ3v) is 2.86. The number of carbonyl (C=O) groups excluding carboxylic acids is 1. The molecule has 0 atom stereocenters. The van der Waals surface area contributed by atoms with Crippen molar-refractivity contribution < 1.29 is 4.79 Å². The zero-order chi connectivity index (χ0) is 13.1. The summed E-state index contributed by atoms with van der Waals surface area (Å²) in [5, 5.41) is 7.21. The molecule has 0 saturated heterocycles. The Balaban J connectivity index is 2.35. The SMILES string of the molecule is CC(=O)Nc1c(Cc2ccccc2)c(C)nn1C. The van der Waals surface area contributed by atoms with Crippen molar-refractivity contribution in [3.63, 3.8) is 0 Å². The zero-order valence-electron chi connectivity index (χ0n) is 10.9. The molecule has 4 nitrogen and oxygen atoms in total. The van der Waals surface area contributed by atoms with Gasteiger partial charge in [-0.25, -0.2) is 0 Å². The third kappa shape index (κ3) is 2.59. The highest BCUT2D eigenvalue weighted by molar-refractivity contribution is 5.88. The van der Waals surface area contributed by atoms with Crippen LogP contribution in [0.25, 0.3) is 0 Å². The van der Waals surface area contributed by atoms with Gasteiger partial charge in [-0.15, -0.1) is 0 Å². The lowest BCUT2D eigenvalue weighted by atomic mass is 10.1. The number of aryl methyl sites for hydroxylation is 2. The van der Waals surface area contributed by atoms with Gasteiger partial charge in [-0.2, -0.15) is 5.10 Å². The number of anilines is 1. The van der Waals surface area contributed by atoms with Gasteiger partial charge in [0.1, 0.15) is 5.82 Å². The fourth-order valence-corrected chi connectivity index (χ4v) is 2.04. The van der Waals surface area contributed by atoms with Gasteiger partial charge in [0.05, 0.1) is 5.69 Å². The zero-order valence-corrected chi connectivity index (χ0v) is 10.9. The lowest BCUT2D eigenvalue weighted by Gasteiger charge is -2.07. The maximum absolute atomic E-state index is 11.2. The number of benzene rings is 1. The van der Waals surface area contributed by atoms with E-state index in [0.29, 0.717) is 0 Å². The fourth-order valence-electron chi connectivity index (χ4n) is 2.04. The summed E-state index contributed by atoms with van der Waals surface area (Å²) in [5.74, 6) is 0.705. The van der Waals surface area contributed by atoms with E-state index in [2.05, 4.69) is 22.5 Å². The second-order valence-electron chi connectivity index (χ2n) is 4.38. The van der Waals surface area contributed by atoms with Crippen molar-refractivity contribution >= 4 is 11.7 Å². The van der Waals surface area contributed by atoms with Crippen molar-refractivity contribution in [1.82, 2.24) is 9.78 Å². The summed E-state index contributed by atoms with van der Waals surface area (Å²) < 4.78 is 1.72. The van der Waals surface area contributed by atoms with Gasteiger partial charge in [-0.3, -0.25) is 9.48 Å². The number of rotatable bonds is 3. The van der Waals surface area contributed by atoms with Crippen LogP contribution < -0.4 is 5.32 Å². The minimum Gasteiger partial charge on any atom is -0.311 e. The Labute approximate surface area is 107 Å². The summed E-state index contributed by atoms with van der Waals surface area (Å²) in [6.45, 7) is 3.47. The first-order valence-corrected chi connectivity index (χ1v) is 5.92. The molecule has 0 fully saturated rings. The Morgan fingerprint density at radius 2 is 2.00 bits per heavy atom. The molecule has 2 aromatic rings. The van der Waals surface area contributed by atoms with Gasteiger partial charge < -0.3 is 5.32 Å². The number of hydrogen-bond donors (Lipinski definition) is 1. The standard InChI is InChI=1S/C14H17N3O/c1-10-13(9-12-7-5-4-6-8-12)14(15-11(2)18)17(3)16-10/h4-8H,9H2,1-3H3,(H,15,18). The molecule has 1 aromatic carbocycles. The molecule has 0 radical (unpaired) electrons. The monoisotopic (exact) mass is 243 g/mol. The van der Waals surface area contributed by atoms with Crippen LogP contribution in [0.5, 0.6) is 0 Å². The van der Waals surface area contributed by atoms with Crippen LogP contribution in [0.1, 0.15) is 23.7 Å². The topological polar surface area (TPSA) is 46.9 Å². The Kier molecular flexibility index (Phi) is 3.46. The lowest BCUT2D eigenvalue weighted by molar-refractivity contribution is -0.114. The van der Waals surface area contributed by atoms with Crippen molar-refractivity contribution in [3.05, 3.63) is 47.2 Å². The van der Waals surface area contributed by atoms with Crippen LogP contribution in [0, 0.1) is 6.92 Å². The maximum Gasteiger partial charge on any atom is 0.222 e. The van der Waals surface area contributed by atoms with Gasteiger partial charge in [0.15, 0.2) is 0 Å². The van der Waals surface area contributed by atoms with Gasteiger partial charge in [-0.1, -0.05) is 30.3 Å². The van der Waals surface area contributed by atoms with Gasteiger partial charge in [-0.05, 0) is 12.5 Å². The predicted molar refractivity (Wildman–Crippen MR) is 71.5 cm³/mol. The first-order chi connectivity index (χ1) is 8.58. The summed E-state index contributed by atoms with van der Waals surface area (Å²) >= 11 is 0. The van der Waals surface area contributed by atoms with Gasteiger partial charge in [0.25, 0.3) is 0 Å². The second-order valence-corrected chi connectivity index (χ2v) is 4.38. The molecule has 0 aliphatic carbocycles. The quantitative estimate of drug-likeness (QED) is 0.899. The molecule has 0 spiro atoms. The first kappa shape index (κ1) is 12.4. The predicted octanol–water partition coefficient (Wildman–Crippen LogP) is 2.28. The Bertz CT molecular complexity index is 558. The van der Waals surface area contributed by atoms with Gasteiger partial charge >= 0.3 is 0 Å². The van der Waals surface area contributed by atoms with E-state index in [-0.39, 0.29) is 5.91 Å². The van der Waals surface area contributed by atoms with Crippen LogP contribution in [0.4, 0.5) is 5.82 Å². The summed E-state index contributed by atoms with van der Waals surface area (Å²) in [7, 11) is 1.84. The third-order valence-electron chi connectivity index (χ3n) is 2.86. The molecule has 0 bridgehead atoms. The first-order valence-electron chi connectivity index (χ1n) is 5.92. The van der Waals surface area contributed by atoms with E-state index >= 15 is 0 Å². The highest BCUT2D eigenvalue weighted by Gasteiger charge is 2.14. The van der Waals surface area contributed by atoms with Gasteiger partial charge in [0, 0.05) is 26.0 Å². The second kappa shape index (κ2) is 5.04. The molecule has 2 rings (SSSR count). The fraction of sp³-hybridized carbons (Fsp3) is 0.286. The maximum atomic E-state index is 11.2. The number of carbonyl (C=O) groups is 1. The molecular weight excluding hydrogens is 226 g/mol. The highest BCUT2D eigenvalue weighted by Crippen LogP contribution is 2.22. The smallest absolute Gasteiger partial charge is 0.222 e. The van der Waals surface area contributed by atoms with Gasteiger partial charge in [0.2, 0.25) is 5.91 Å². The Morgan fingerprint density at radius 3 is 2.61 bits per heavy atom. The van der Waals surface area contributed by atoms with E-state index in [4.69, 9.17) is 0 Å². The molecule has 0 saturated carbocycles.